The number of nitrogens with zero attached hydrogens (tertiary/aromatic N) is 2. The SMILES string of the molecule is Nc1cc(C(=O)N2CCSc3ccccc32)n(C2CC2)c1. The first-order valence-corrected chi connectivity index (χ1v) is 8.23. The van der Waals surface area contributed by atoms with Gasteiger partial charge in [-0.2, -0.15) is 0 Å². The van der Waals surface area contributed by atoms with Gasteiger partial charge in [-0.05, 0) is 31.0 Å². The van der Waals surface area contributed by atoms with Gasteiger partial charge in [0.1, 0.15) is 5.69 Å². The second-order valence-corrected chi connectivity index (χ2v) is 6.71. The van der Waals surface area contributed by atoms with Crippen molar-refractivity contribution in [2.24, 2.45) is 0 Å². The molecule has 2 N–H and O–H groups in total. The summed E-state index contributed by atoms with van der Waals surface area (Å²) >= 11 is 1.81. The number of amides is 1. The van der Waals surface area contributed by atoms with Crippen molar-refractivity contribution in [3.63, 3.8) is 0 Å². The van der Waals surface area contributed by atoms with Gasteiger partial charge in [0.15, 0.2) is 0 Å². The molecule has 1 aliphatic heterocycles. The van der Waals surface area contributed by atoms with Crippen LogP contribution in [-0.2, 0) is 0 Å². The summed E-state index contributed by atoms with van der Waals surface area (Å²) < 4.78 is 2.06. The molecule has 4 rings (SSSR count). The Morgan fingerprint density at radius 2 is 2.10 bits per heavy atom. The van der Waals surface area contributed by atoms with Crippen LogP contribution in [0.4, 0.5) is 11.4 Å². The quantitative estimate of drug-likeness (QED) is 0.926. The Morgan fingerprint density at radius 1 is 1.29 bits per heavy atom. The molecule has 1 saturated carbocycles. The summed E-state index contributed by atoms with van der Waals surface area (Å²) in [6.07, 6.45) is 4.18. The lowest BCUT2D eigenvalue weighted by Crippen LogP contribution is -2.36. The zero-order valence-corrected chi connectivity index (χ0v) is 12.5. The number of nitrogens with two attached hydrogens (primary N) is 1. The van der Waals surface area contributed by atoms with Crippen molar-refractivity contribution in [1.82, 2.24) is 4.57 Å². The Balaban J connectivity index is 1.73. The Bertz CT molecular complexity index is 705. The Kier molecular flexibility index (Phi) is 2.96. The molecule has 0 atom stereocenters. The van der Waals surface area contributed by atoms with Gasteiger partial charge >= 0.3 is 0 Å². The van der Waals surface area contributed by atoms with E-state index < -0.39 is 0 Å². The zero-order valence-electron chi connectivity index (χ0n) is 11.7. The molecule has 0 saturated heterocycles. The molecule has 21 heavy (non-hydrogen) atoms. The Morgan fingerprint density at radius 3 is 2.90 bits per heavy atom. The van der Waals surface area contributed by atoms with E-state index in [0.717, 1.165) is 36.5 Å². The van der Waals surface area contributed by atoms with Crippen LogP contribution in [0, 0.1) is 0 Å². The van der Waals surface area contributed by atoms with E-state index >= 15 is 0 Å². The highest BCUT2D eigenvalue weighted by Crippen LogP contribution is 2.39. The summed E-state index contributed by atoms with van der Waals surface area (Å²) in [5.41, 5.74) is 8.32. The molecule has 5 heteroatoms. The molecule has 0 radical (unpaired) electrons. The second-order valence-electron chi connectivity index (χ2n) is 5.57. The van der Waals surface area contributed by atoms with Gasteiger partial charge in [0.05, 0.1) is 11.4 Å². The molecule has 108 valence electrons. The molecular formula is C16H17N3OS. The highest BCUT2D eigenvalue weighted by Gasteiger charge is 2.31. The first kappa shape index (κ1) is 12.8. The minimum absolute atomic E-state index is 0.0614. The lowest BCUT2D eigenvalue weighted by Gasteiger charge is -2.29. The standard InChI is InChI=1S/C16H17N3OS/c17-11-9-14(19(10-11)12-5-6-12)16(20)18-7-8-21-15-4-2-1-3-13(15)18/h1-4,9-10,12H,5-8,17H2. The van der Waals surface area contributed by atoms with Crippen LogP contribution in [0.15, 0.2) is 41.4 Å². The Labute approximate surface area is 127 Å². The molecule has 2 aliphatic rings. The van der Waals surface area contributed by atoms with Gasteiger partial charge in [-0.1, -0.05) is 12.1 Å². The van der Waals surface area contributed by atoms with E-state index in [1.165, 1.54) is 4.90 Å². The van der Waals surface area contributed by atoms with Gasteiger partial charge in [0.2, 0.25) is 0 Å². The number of hydrogen-bond acceptors (Lipinski definition) is 3. The average molecular weight is 299 g/mol. The van der Waals surface area contributed by atoms with Crippen molar-refractivity contribution >= 4 is 29.0 Å². The monoisotopic (exact) mass is 299 g/mol. The van der Waals surface area contributed by atoms with Gasteiger partial charge < -0.3 is 15.2 Å². The molecule has 0 bridgehead atoms. The zero-order chi connectivity index (χ0) is 14.4. The number of rotatable bonds is 2. The largest absolute Gasteiger partial charge is 0.397 e. The summed E-state index contributed by atoms with van der Waals surface area (Å²) in [5.74, 6) is 0.994. The molecule has 1 aromatic heterocycles. The van der Waals surface area contributed by atoms with Crippen molar-refractivity contribution in [2.75, 3.05) is 22.9 Å². The summed E-state index contributed by atoms with van der Waals surface area (Å²) in [6, 6.07) is 10.4. The third-order valence-electron chi connectivity index (χ3n) is 4.00. The molecule has 0 spiro atoms. The predicted octanol–water partition coefficient (Wildman–Crippen LogP) is 3.16. The predicted molar refractivity (Wildman–Crippen MR) is 86.0 cm³/mol. The van der Waals surface area contributed by atoms with E-state index in [4.69, 9.17) is 5.73 Å². The maximum atomic E-state index is 13.0. The number of para-hydroxylation sites is 1. The molecule has 0 unspecified atom stereocenters. The van der Waals surface area contributed by atoms with Crippen molar-refractivity contribution in [3.05, 3.63) is 42.2 Å². The molecular weight excluding hydrogens is 282 g/mol. The lowest BCUT2D eigenvalue weighted by atomic mass is 10.2. The minimum Gasteiger partial charge on any atom is -0.397 e. The minimum atomic E-state index is 0.0614. The number of aromatic nitrogens is 1. The molecule has 1 fully saturated rings. The maximum Gasteiger partial charge on any atom is 0.275 e. The number of benzene rings is 1. The normalized spacial score (nSPS) is 17.6. The van der Waals surface area contributed by atoms with Crippen LogP contribution >= 0.6 is 11.8 Å². The molecule has 1 amide bonds. The van der Waals surface area contributed by atoms with Gasteiger partial charge in [-0.15, -0.1) is 11.8 Å². The third-order valence-corrected chi connectivity index (χ3v) is 5.05. The van der Waals surface area contributed by atoms with Gasteiger partial charge in [0, 0.05) is 29.4 Å². The smallest absolute Gasteiger partial charge is 0.275 e. The third kappa shape index (κ3) is 2.21. The van der Waals surface area contributed by atoms with Crippen LogP contribution in [0.25, 0.3) is 0 Å². The van der Waals surface area contributed by atoms with Gasteiger partial charge in [-0.25, -0.2) is 0 Å². The van der Waals surface area contributed by atoms with E-state index in [2.05, 4.69) is 10.6 Å². The second kappa shape index (κ2) is 4.84. The van der Waals surface area contributed by atoms with Crippen molar-refractivity contribution in [3.8, 4) is 0 Å². The number of hydrogen-bond donors (Lipinski definition) is 1. The van der Waals surface area contributed by atoms with E-state index in [-0.39, 0.29) is 5.91 Å². The van der Waals surface area contributed by atoms with Gasteiger partial charge in [0.25, 0.3) is 5.91 Å². The van der Waals surface area contributed by atoms with Crippen molar-refractivity contribution < 1.29 is 4.79 Å². The molecule has 2 heterocycles. The lowest BCUT2D eigenvalue weighted by molar-refractivity contribution is 0.0978. The van der Waals surface area contributed by atoms with Crippen LogP contribution in [-0.4, -0.2) is 22.8 Å². The van der Waals surface area contributed by atoms with Crippen molar-refractivity contribution in [1.29, 1.82) is 0 Å². The topological polar surface area (TPSA) is 51.3 Å². The summed E-state index contributed by atoms with van der Waals surface area (Å²) in [6.45, 7) is 0.746. The first-order chi connectivity index (χ1) is 10.2. The first-order valence-electron chi connectivity index (χ1n) is 7.25. The highest BCUT2D eigenvalue weighted by atomic mass is 32.2. The van der Waals surface area contributed by atoms with Crippen LogP contribution in [0.5, 0.6) is 0 Å². The summed E-state index contributed by atoms with van der Waals surface area (Å²) in [5, 5.41) is 0. The average Bonchev–Trinajstić information content (AvgIpc) is 3.28. The van der Waals surface area contributed by atoms with Crippen LogP contribution in [0.3, 0.4) is 0 Å². The summed E-state index contributed by atoms with van der Waals surface area (Å²) in [7, 11) is 0. The highest BCUT2D eigenvalue weighted by molar-refractivity contribution is 7.99. The number of anilines is 2. The maximum absolute atomic E-state index is 13.0. The number of fused-ring (bicyclic) bond motifs is 1. The van der Waals surface area contributed by atoms with Crippen LogP contribution in [0.1, 0.15) is 29.4 Å². The fourth-order valence-corrected chi connectivity index (χ4v) is 3.84. The van der Waals surface area contributed by atoms with E-state index in [0.29, 0.717) is 11.7 Å². The van der Waals surface area contributed by atoms with Crippen LogP contribution in [0.2, 0.25) is 0 Å². The molecule has 4 nitrogen and oxygen atoms in total. The van der Waals surface area contributed by atoms with E-state index in [9.17, 15) is 4.79 Å². The number of carbonyl (C=O) groups is 1. The Hall–Kier alpha value is -1.88. The molecule has 1 aromatic carbocycles. The van der Waals surface area contributed by atoms with E-state index in [1.807, 2.05) is 47.1 Å². The summed E-state index contributed by atoms with van der Waals surface area (Å²) in [4.78, 5) is 16.0. The fraction of sp³-hybridized carbons (Fsp3) is 0.312. The number of nitrogen functional groups attached to an aromatic ring is 1. The fourth-order valence-electron chi connectivity index (χ4n) is 2.85. The number of thioether (sulfide) groups is 1. The number of carbonyl (C=O) groups excluding carboxylic acids is 1. The molecule has 2 aromatic rings. The molecule has 1 aliphatic carbocycles. The van der Waals surface area contributed by atoms with Crippen molar-refractivity contribution in [2.45, 2.75) is 23.8 Å². The van der Waals surface area contributed by atoms with E-state index in [1.54, 1.807) is 0 Å². The van der Waals surface area contributed by atoms with Crippen LogP contribution < -0.4 is 10.6 Å². The van der Waals surface area contributed by atoms with Gasteiger partial charge in [-0.3, -0.25) is 4.79 Å².